The molecule has 0 atom stereocenters. The van der Waals surface area contributed by atoms with Gasteiger partial charge in [-0.3, -0.25) is 0 Å². The highest BCUT2D eigenvalue weighted by Gasteiger charge is 2.43. The summed E-state index contributed by atoms with van der Waals surface area (Å²) >= 11 is 0. The van der Waals surface area contributed by atoms with E-state index >= 15 is 0 Å². The van der Waals surface area contributed by atoms with Crippen molar-refractivity contribution < 1.29 is 19.7 Å². The molecule has 1 aliphatic carbocycles. The summed E-state index contributed by atoms with van der Waals surface area (Å²) in [7, 11) is 0. The van der Waals surface area contributed by atoms with E-state index in [0.717, 1.165) is 29.0 Å². The number of ether oxygens (including phenoxy) is 2. The molecule has 0 aromatic heterocycles. The predicted molar refractivity (Wildman–Crippen MR) is 164 cm³/mol. The van der Waals surface area contributed by atoms with Gasteiger partial charge in [0, 0.05) is 0 Å². The number of phenols is 2. The lowest BCUT2D eigenvalue weighted by atomic mass is 9.60. The van der Waals surface area contributed by atoms with Crippen molar-refractivity contribution in [1.29, 1.82) is 0 Å². The fourth-order valence-corrected chi connectivity index (χ4v) is 6.07. The Bertz CT molecular complexity index is 1700. The van der Waals surface area contributed by atoms with E-state index in [9.17, 15) is 10.2 Å². The van der Waals surface area contributed by atoms with Crippen molar-refractivity contribution in [3.8, 4) is 34.5 Å². The van der Waals surface area contributed by atoms with Gasteiger partial charge in [0.25, 0.3) is 0 Å². The molecule has 0 heterocycles. The summed E-state index contributed by atoms with van der Waals surface area (Å²) in [5.74, 6) is 3.16. The summed E-state index contributed by atoms with van der Waals surface area (Å²) in [5, 5.41) is 19.3. The summed E-state index contributed by atoms with van der Waals surface area (Å²) in [5.41, 5.74) is 6.81. The second-order valence-electron chi connectivity index (χ2n) is 10.5. The summed E-state index contributed by atoms with van der Waals surface area (Å²) in [6.07, 6.45) is 0.873. The fraction of sp³-hybridized carbons (Fsp3) is 0.0526. The van der Waals surface area contributed by atoms with Gasteiger partial charge in [-0.25, -0.2) is 0 Å². The van der Waals surface area contributed by atoms with E-state index < -0.39 is 5.41 Å². The molecular weight excluding hydrogens is 520 g/mol. The first-order valence-corrected chi connectivity index (χ1v) is 13.9. The molecule has 4 nitrogen and oxygen atoms in total. The van der Waals surface area contributed by atoms with Gasteiger partial charge in [0.2, 0.25) is 0 Å². The Morgan fingerprint density at radius 3 is 1.12 bits per heavy atom. The van der Waals surface area contributed by atoms with Crippen molar-refractivity contribution in [3.63, 3.8) is 0 Å². The van der Waals surface area contributed by atoms with Gasteiger partial charge in [-0.1, -0.05) is 72.8 Å². The lowest BCUT2D eigenvalue weighted by molar-refractivity contribution is 0.464. The minimum atomic E-state index is -0.556. The van der Waals surface area contributed by atoms with Crippen molar-refractivity contribution in [3.05, 3.63) is 179 Å². The lowest BCUT2D eigenvalue weighted by Crippen LogP contribution is -2.36. The van der Waals surface area contributed by atoms with Gasteiger partial charge in [-0.05, 0) is 113 Å². The van der Waals surface area contributed by atoms with Crippen molar-refractivity contribution in [1.82, 2.24) is 0 Å². The zero-order valence-electron chi connectivity index (χ0n) is 22.8. The molecule has 0 aliphatic heterocycles. The van der Waals surface area contributed by atoms with Crippen LogP contribution in [0.4, 0.5) is 0 Å². The number of benzene rings is 6. The smallest absolute Gasteiger partial charge is 0.127 e. The zero-order chi connectivity index (χ0) is 28.5. The van der Waals surface area contributed by atoms with Crippen LogP contribution in [0.3, 0.4) is 0 Å². The Balaban J connectivity index is 1.35. The zero-order valence-corrected chi connectivity index (χ0v) is 22.8. The number of fused-ring (bicyclic) bond motifs is 2. The van der Waals surface area contributed by atoms with E-state index in [0.29, 0.717) is 11.5 Å². The minimum Gasteiger partial charge on any atom is -0.508 e. The molecule has 2 N–H and O–H groups in total. The maximum absolute atomic E-state index is 9.63. The SMILES string of the molecule is Oc1ccc(Oc2ccc(C3(c4ccc(Oc5ccc(O)cc5)cc4)c4ccccc4Cc4ccccc43)cc2)cc1. The van der Waals surface area contributed by atoms with Crippen LogP contribution >= 0.6 is 0 Å². The normalized spacial score (nSPS) is 13.0. The highest BCUT2D eigenvalue weighted by Crippen LogP contribution is 2.51. The van der Waals surface area contributed by atoms with Gasteiger partial charge < -0.3 is 19.7 Å². The molecule has 6 aromatic rings. The maximum atomic E-state index is 9.63. The third kappa shape index (κ3) is 4.53. The van der Waals surface area contributed by atoms with E-state index in [2.05, 4.69) is 72.8 Å². The number of rotatable bonds is 6. The number of hydrogen-bond acceptors (Lipinski definition) is 4. The van der Waals surface area contributed by atoms with Crippen LogP contribution < -0.4 is 9.47 Å². The van der Waals surface area contributed by atoms with Crippen LogP contribution in [0.2, 0.25) is 0 Å². The van der Waals surface area contributed by atoms with Crippen LogP contribution in [0, 0.1) is 0 Å². The second kappa shape index (κ2) is 10.5. The average Bonchev–Trinajstić information content (AvgIpc) is 3.03. The van der Waals surface area contributed by atoms with Crippen LogP contribution in [0.15, 0.2) is 146 Å². The van der Waals surface area contributed by atoms with Gasteiger partial charge in [-0.15, -0.1) is 0 Å². The molecule has 6 aromatic carbocycles. The molecule has 0 spiro atoms. The highest BCUT2D eigenvalue weighted by molar-refractivity contribution is 5.67. The molecule has 0 fully saturated rings. The molecule has 0 saturated carbocycles. The second-order valence-corrected chi connectivity index (χ2v) is 10.5. The largest absolute Gasteiger partial charge is 0.508 e. The molecule has 7 rings (SSSR count). The Labute approximate surface area is 244 Å². The molecule has 204 valence electrons. The highest BCUT2D eigenvalue weighted by atomic mass is 16.5. The van der Waals surface area contributed by atoms with Gasteiger partial charge in [-0.2, -0.15) is 0 Å². The van der Waals surface area contributed by atoms with Crippen LogP contribution in [0.5, 0.6) is 34.5 Å². The predicted octanol–water partition coefficient (Wildman–Crippen LogP) is 8.97. The topological polar surface area (TPSA) is 58.9 Å². The standard InChI is InChI=1S/C38H28O4/c39-30-13-21-34(22-14-30)41-32-17-9-28(10-18-32)38(29-11-19-33(20-12-29)42-35-23-15-31(40)16-24-35)36-7-3-1-5-26(36)25-27-6-2-4-8-37(27)38/h1-24,39-40H,25H2. The average molecular weight is 549 g/mol. The molecule has 4 heteroatoms. The van der Waals surface area contributed by atoms with E-state index in [1.807, 2.05) is 24.3 Å². The lowest BCUT2D eigenvalue weighted by Gasteiger charge is -2.42. The third-order valence-corrected chi connectivity index (χ3v) is 7.94. The first kappa shape index (κ1) is 25.5. The Morgan fingerprint density at radius 1 is 0.405 bits per heavy atom. The molecular formula is C38H28O4. The molecule has 0 bridgehead atoms. The molecule has 0 saturated heterocycles. The quantitative estimate of drug-likeness (QED) is 0.218. The van der Waals surface area contributed by atoms with Gasteiger partial charge >= 0.3 is 0 Å². The number of phenolic OH excluding ortho intramolecular Hbond substituents is 2. The molecule has 0 radical (unpaired) electrons. The van der Waals surface area contributed by atoms with E-state index in [1.54, 1.807) is 48.5 Å². The summed E-state index contributed by atoms with van der Waals surface area (Å²) < 4.78 is 12.2. The molecule has 1 aliphatic rings. The van der Waals surface area contributed by atoms with Crippen LogP contribution in [0.25, 0.3) is 0 Å². The Morgan fingerprint density at radius 2 is 0.738 bits per heavy atom. The van der Waals surface area contributed by atoms with E-state index in [-0.39, 0.29) is 11.5 Å². The van der Waals surface area contributed by atoms with Crippen molar-refractivity contribution in [2.45, 2.75) is 11.8 Å². The summed E-state index contributed by atoms with van der Waals surface area (Å²) in [4.78, 5) is 0. The monoisotopic (exact) mass is 548 g/mol. The van der Waals surface area contributed by atoms with Crippen LogP contribution in [-0.4, -0.2) is 10.2 Å². The van der Waals surface area contributed by atoms with Gasteiger partial charge in [0.05, 0.1) is 5.41 Å². The molecule has 0 unspecified atom stereocenters. The minimum absolute atomic E-state index is 0.203. The maximum Gasteiger partial charge on any atom is 0.127 e. The Kier molecular flexibility index (Phi) is 6.37. The third-order valence-electron chi connectivity index (χ3n) is 7.94. The fourth-order valence-electron chi connectivity index (χ4n) is 6.07. The van der Waals surface area contributed by atoms with Gasteiger partial charge in [0.1, 0.15) is 34.5 Å². The van der Waals surface area contributed by atoms with Crippen LogP contribution in [-0.2, 0) is 11.8 Å². The first-order chi connectivity index (χ1) is 20.6. The Hall–Kier alpha value is -5.48. The number of hydrogen-bond donors (Lipinski definition) is 2. The summed E-state index contributed by atoms with van der Waals surface area (Å²) in [6, 6.07) is 47.5. The van der Waals surface area contributed by atoms with E-state index in [4.69, 9.17) is 9.47 Å². The summed E-state index contributed by atoms with van der Waals surface area (Å²) in [6.45, 7) is 0. The van der Waals surface area contributed by atoms with Crippen molar-refractivity contribution in [2.24, 2.45) is 0 Å². The molecule has 42 heavy (non-hydrogen) atoms. The number of aromatic hydroxyl groups is 2. The van der Waals surface area contributed by atoms with Crippen molar-refractivity contribution in [2.75, 3.05) is 0 Å². The van der Waals surface area contributed by atoms with Crippen LogP contribution in [0.1, 0.15) is 33.4 Å². The van der Waals surface area contributed by atoms with E-state index in [1.165, 1.54) is 22.3 Å². The van der Waals surface area contributed by atoms with Crippen molar-refractivity contribution >= 4 is 0 Å². The molecule has 0 amide bonds. The van der Waals surface area contributed by atoms with Gasteiger partial charge in [0.15, 0.2) is 0 Å². The first-order valence-electron chi connectivity index (χ1n) is 13.9.